The number of hydrogen-bond donors (Lipinski definition) is 1. The van der Waals surface area contributed by atoms with E-state index >= 15 is 0 Å². The molecule has 1 fully saturated rings. The number of rotatable bonds is 3. The second-order valence-corrected chi connectivity index (χ2v) is 4.93. The standard InChI is InChI=1S/C15H19N5O/c1-21-15-13(16)14(17-11-18-15)20-9-7-19(8-10-20)12-5-3-2-4-6-12/h2-6,11H,7-10,16H2,1H3. The Morgan fingerprint density at radius 3 is 2.33 bits per heavy atom. The number of nitrogens with two attached hydrogens (primary N) is 1. The van der Waals surface area contributed by atoms with Gasteiger partial charge < -0.3 is 20.3 Å². The molecule has 0 saturated carbocycles. The Balaban J connectivity index is 1.72. The van der Waals surface area contributed by atoms with E-state index in [0.717, 1.165) is 32.0 Å². The molecule has 2 heterocycles. The summed E-state index contributed by atoms with van der Waals surface area (Å²) in [6, 6.07) is 10.4. The van der Waals surface area contributed by atoms with Crippen LogP contribution in [0.3, 0.4) is 0 Å². The normalized spacial score (nSPS) is 15.1. The summed E-state index contributed by atoms with van der Waals surface area (Å²) in [6.45, 7) is 3.63. The summed E-state index contributed by atoms with van der Waals surface area (Å²) in [7, 11) is 1.57. The number of para-hydroxylation sites is 1. The summed E-state index contributed by atoms with van der Waals surface area (Å²) in [5.74, 6) is 1.19. The molecule has 2 N–H and O–H groups in total. The maximum Gasteiger partial charge on any atom is 0.242 e. The quantitative estimate of drug-likeness (QED) is 0.919. The lowest BCUT2D eigenvalue weighted by Crippen LogP contribution is -2.47. The monoisotopic (exact) mass is 285 g/mol. The molecule has 0 spiro atoms. The van der Waals surface area contributed by atoms with Gasteiger partial charge in [0.05, 0.1) is 7.11 Å². The first-order chi connectivity index (χ1) is 10.3. The van der Waals surface area contributed by atoms with Crippen molar-refractivity contribution in [3.05, 3.63) is 36.7 Å². The van der Waals surface area contributed by atoms with Crippen LogP contribution in [-0.2, 0) is 0 Å². The highest BCUT2D eigenvalue weighted by atomic mass is 16.5. The van der Waals surface area contributed by atoms with Gasteiger partial charge in [-0.2, -0.15) is 4.98 Å². The second-order valence-electron chi connectivity index (χ2n) is 4.93. The van der Waals surface area contributed by atoms with Crippen molar-refractivity contribution >= 4 is 17.2 Å². The maximum atomic E-state index is 6.07. The fourth-order valence-corrected chi connectivity index (χ4v) is 2.60. The van der Waals surface area contributed by atoms with Crippen LogP contribution in [0, 0.1) is 0 Å². The third-order valence-corrected chi connectivity index (χ3v) is 3.72. The van der Waals surface area contributed by atoms with E-state index in [1.807, 2.05) is 6.07 Å². The van der Waals surface area contributed by atoms with Gasteiger partial charge in [-0.05, 0) is 12.1 Å². The Hall–Kier alpha value is -2.50. The summed E-state index contributed by atoms with van der Waals surface area (Å²) < 4.78 is 5.15. The van der Waals surface area contributed by atoms with E-state index in [9.17, 15) is 0 Å². The van der Waals surface area contributed by atoms with E-state index in [4.69, 9.17) is 10.5 Å². The summed E-state index contributed by atoms with van der Waals surface area (Å²) in [4.78, 5) is 12.9. The molecule has 1 aliphatic heterocycles. The third-order valence-electron chi connectivity index (χ3n) is 3.72. The molecule has 110 valence electrons. The van der Waals surface area contributed by atoms with E-state index in [-0.39, 0.29) is 0 Å². The minimum absolute atomic E-state index is 0.436. The smallest absolute Gasteiger partial charge is 0.242 e. The molecule has 0 unspecified atom stereocenters. The van der Waals surface area contributed by atoms with Gasteiger partial charge in [-0.25, -0.2) is 4.98 Å². The first-order valence-corrected chi connectivity index (χ1v) is 6.99. The molecular formula is C15H19N5O. The molecule has 1 aromatic heterocycles. The molecule has 0 bridgehead atoms. The molecule has 1 saturated heterocycles. The van der Waals surface area contributed by atoms with Crippen molar-refractivity contribution in [3.8, 4) is 5.88 Å². The van der Waals surface area contributed by atoms with Gasteiger partial charge in [0.15, 0.2) is 5.82 Å². The number of nitrogens with zero attached hydrogens (tertiary/aromatic N) is 4. The lowest BCUT2D eigenvalue weighted by Gasteiger charge is -2.37. The Morgan fingerprint density at radius 2 is 1.67 bits per heavy atom. The number of anilines is 3. The maximum absolute atomic E-state index is 6.07. The average molecular weight is 285 g/mol. The molecule has 0 aliphatic carbocycles. The minimum Gasteiger partial charge on any atom is -0.479 e. The van der Waals surface area contributed by atoms with E-state index < -0.39 is 0 Å². The third kappa shape index (κ3) is 2.69. The zero-order valence-corrected chi connectivity index (χ0v) is 12.1. The predicted molar refractivity (Wildman–Crippen MR) is 83.9 cm³/mol. The van der Waals surface area contributed by atoms with Crippen LogP contribution in [0.5, 0.6) is 5.88 Å². The van der Waals surface area contributed by atoms with Gasteiger partial charge in [-0.1, -0.05) is 18.2 Å². The number of methoxy groups -OCH3 is 1. The van der Waals surface area contributed by atoms with Crippen molar-refractivity contribution in [2.24, 2.45) is 0 Å². The van der Waals surface area contributed by atoms with Crippen LogP contribution in [0.25, 0.3) is 0 Å². The molecular weight excluding hydrogens is 266 g/mol. The Kier molecular flexibility index (Phi) is 3.77. The highest BCUT2D eigenvalue weighted by Crippen LogP contribution is 2.28. The van der Waals surface area contributed by atoms with Gasteiger partial charge in [0.2, 0.25) is 5.88 Å². The number of ether oxygens (including phenoxy) is 1. The highest BCUT2D eigenvalue weighted by Gasteiger charge is 2.21. The van der Waals surface area contributed by atoms with Gasteiger partial charge in [-0.15, -0.1) is 0 Å². The molecule has 6 heteroatoms. The summed E-state index contributed by atoms with van der Waals surface area (Å²) in [5.41, 5.74) is 7.83. The highest BCUT2D eigenvalue weighted by molar-refractivity contribution is 5.68. The molecule has 1 aromatic carbocycles. The second kappa shape index (κ2) is 5.87. The van der Waals surface area contributed by atoms with Crippen LogP contribution in [0.4, 0.5) is 17.2 Å². The molecule has 1 aliphatic rings. The van der Waals surface area contributed by atoms with E-state index in [1.54, 1.807) is 7.11 Å². The van der Waals surface area contributed by atoms with Gasteiger partial charge in [0.25, 0.3) is 0 Å². The zero-order valence-electron chi connectivity index (χ0n) is 12.1. The topological polar surface area (TPSA) is 67.5 Å². The Morgan fingerprint density at radius 1 is 1.00 bits per heavy atom. The van der Waals surface area contributed by atoms with Crippen molar-refractivity contribution in [2.45, 2.75) is 0 Å². The van der Waals surface area contributed by atoms with Gasteiger partial charge in [0.1, 0.15) is 12.0 Å². The van der Waals surface area contributed by atoms with E-state index in [1.165, 1.54) is 12.0 Å². The molecule has 21 heavy (non-hydrogen) atoms. The van der Waals surface area contributed by atoms with Crippen LogP contribution in [0.1, 0.15) is 0 Å². The van der Waals surface area contributed by atoms with Crippen molar-refractivity contribution in [1.29, 1.82) is 0 Å². The van der Waals surface area contributed by atoms with Crippen molar-refractivity contribution in [1.82, 2.24) is 9.97 Å². The number of nitrogen functional groups attached to an aromatic ring is 1. The fraction of sp³-hybridized carbons (Fsp3) is 0.333. The van der Waals surface area contributed by atoms with Gasteiger partial charge in [0, 0.05) is 31.9 Å². The van der Waals surface area contributed by atoms with Crippen molar-refractivity contribution < 1.29 is 4.74 Å². The number of hydrogen-bond acceptors (Lipinski definition) is 6. The SMILES string of the molecule is COc1ncnc(N2CCN(c3ccccc3)CC2)c1N. The fourth-order valence-electron chi connectivity index (χ4n) is 2.60. The van der Waals surface area contributed by atoms with Crippen LogP contribution < -0.4 is 20.3 Å². The number of benzene rings is 1. The summed E-state index contributed by atoms with van der Waals surface area (Å²) in [6.07, 6.45) is 1.49. The molecule has 6 nitrogen and oxygen atoms in total. The lowest BCUT2D eigenvalue weighted by atomic mass is 10.2. The molecule has 0 atom stereocenters. The van der Waals surface area contributed by atoms with Gasteiger partial charge in [-0.3, -0.25) is 0 Å². The average Bonchev–Trinajstić information content (AvgIpc) is 2.56. The Bertz CT molecular complexity index is 596. The molecule has 2 aromatic rings. The van der Waals surface area contributed by atoms with Crippen LogP contribution in [-0.4, -0.2) is 43.3 Å². The van der Waals surface area contributed by atoms with E-state index in [2.05, 4.69) is 44.0 Å². The predicted octanol–water partition coefficient (Wildman–Crippen LogP) is 1.39. The minimum atomic E-state index is 0.436. The van der Waals surface area contributed by atoms with E-state index in [0.29, 0.717) is 11.6 Å². The molecule has 0 amide bonds. The zero-order chi connectivity index (χ0) is 14.7. The first kappa shape index (κ1) is 13.5. The Labute approximate surface area is 124 Å². The van der Waals surface area contributed by atoms with Crippen molar-refractivity contribution in [2.75, 3.05) is 48.8 Å². The van der Waals surface area contributed by atoms with Gasteiger partial charge >= 0.3 is 0 Å². The summed E-state index contributed by atoms with van der Waals surface area (Å²) in [5, 5.41) is 0. The van der Waals surface area contributed by atoms with Crippen LogP contribution in [0.15, 0.2) is 36.7 Å². The first-order valence-electron chi connectivity index (χ1n) is 6.99. The molecule has 3 rings (SSSR count). The molecule has 0 radical (unpaired) electrons. The van der Waals surface area contributed by atoms with Crippen LogP contribution >= 0.6 is 0 Å². The number of piperazine rings is 1. The summed E-state index contributed by atoms with van der Waals surface area (Å²) >= 11 is 0. The number of aromatic nitrogens is 2. The van der Waals surface area contributed by atoms with Crippen molar-refractivity contribution in [3.63, 3.8) is 0 Å². The van der Waals surface area contributed by atoms with Crippen LogP contribution in [0.2, 0.25) is 0 Å². The lowest BCUT2D eigenvalue weighted by molar-refractivity contribution is 0.399. The largest absolute Gasteiger partial charge is 0.479 e.